The van der Waals surface area contributed by atoms with Gasteiger partial charge in [-0.15, -0.1) is 0 Å². The molecule has 0 N–H and O–H groups in total. The molecule has 0 spiro atoms. The summed E-state index contributed by atoms with van der Waals surface area (Å²) in [6, 6.07) is 0. The lowest BCUT2D eigenvalue weighted by molar-refractivity contribution is -0.160. The Balaban J connectivity index is 2.85. The average Bonchev–Trinajstić information content (AvgIpc) is 2.54. The average molecular weight is 218 g/mol. The number of rotatable bonds is 5. The molecular formula is C10H19O3P. The molecular weight excluding hydrogens is 199 g/mol. The highest BCUT2D eigenvalue weighted by Crippen LogP contribution is 2.63. The summed E-state index contributed by atoms with van der Waals surface area (Å²) in [5, 5.41) is 0. The molecule has 0 aromatic heterocycles. The smallest absolute Gasteiger partial charge is 0.222 e. The van der Waals surface area contributed by atoms with E-state index in [0.29, 0.717) is 19.4 Å². The maximum atomic E-state index is 12.5. The van der Waals surface area contributed by atoms with E-state index in [-0.39, 0.29) is 0 Å². The molecule has 1 unspecified atom stereocenters. The van der Waals surface area contributed by atoms with Crippen LogP contribution in [-0.4, -0.2) is 24.9 Å². The van der Waals surface area contributed by atoms with Crippen molar-refractivity contribution in [3.8, 4) is 0 Å². The third-order valence-electron chi connectivity index (χ3n) is 2.49. The Bertz CT molecular complexity index is 254. The molecule has 1 atom stereocenters. The summed E-state index contributed by atoms with van der Waals surface area (Å²) in [5.74, 6) is 1.79. The van der Waals surface area contributed by atoms with Crippen molar-refractivity contribution >= 4 is 7.14 Å². The number of ether oxygens (including phenoxy) is 2. The van der Waals surface area contributed by atoms with Crippen LogP contribution in [0.3, 0.4) is 0 Å². The van der Waals surface area contributed by atoms with Crippen molar-refractivity contribution < 1.29 is 14.0 Å². The van der Waals surface area contributed by atoms with Crippen molar-refractivity contribution in [1.82, 2.24) is 0 Å². The molecule has 3 nitrogen and oxygen atoms in total. The summed E-state index contributed by atoms with van der Waals surface area (Å²) in [6.07, 6.45) is 3.49. The molecule has 0 amide bonds. The molecule has 0 aromatic carbocycles. The first-order valence-electron chi connectivity index (χ1n) is 5.12. The summed E-state index contributed by atoms with van der Waals surface area (Å²) in [7, 11) is -2.45. The number of hydrogen-bond donors (Lipinski definition) is 0. The van der Waals surface area contributed by atoms with Crippen molar-refractivity contribution in [1.29, 1.82) is 0 Å². The molecule has 1 rings (SSSR count). The van der Waals surface area contributed by atoms with Gasteiger partial charge in [0.1, 0.15) is 0 Å². The van der Waals surface area contributed by atoms with Crippen LogP contribution in [0, 0.1) is 0 Å². The van der Waals surface area contributed by atoms with Gasteiger partial charge < -0.3 is 14.0 Å². The fraction of sp³-hybridized carbons (Fsp3) is 0.800. The summed E-state index contributed by atoms with van der Waals surface area (Å²) in [6.45, 7) is 6.62. The van der Waals surface area contributed by atoms with Crippen LogP contribution in [0.4, 0.5) is 0 Å². The van der Waals surface area contributed by atoms with Gasteiger partial charge in [-0.1, -0.05) is 6.08 Å². The molecule has 0 aliphatic carbocycles. The van der Waals surface area contributed by atoms with Gasteiger partial charge >= 0.3 is 0 Å². The Kier molecular flexibility index (Phi) is 3.94. The summed E-state index contributed by atoms with van der Waals surface area (Å²) in [5.41, 5.74) is -0.913. The minimum atomic E-state index is -2.45. The molecule has 0 saturated heterocycles. The maximum Gasteiger partial charge on any atom is 0.222 e. The molecule has 1 heterocycles. The second kappa shape index (κ2) is 4.61. The number of hydrogen-bond acceptors (Lipinski definition) is 3. The van der Waals surface area contributed by atoms with Crippen molar-refractivity contribution in [2.75, 3.05) is 19.4 Å². The first kappa shape index (κ1) is 12.0. The Morgan fingerprint density at radius 2 is 1.93 bits per heavy atom. The van der Waals surface area contributed by atoms with E-state index in [2.05, 4.69) is 0 Å². The quantitative estimate of drug-likeness (QED) is 0.525. The predicted molar refractivity (Wildman–Crippen MR) is 57.9 cm³/mol. The zero-order chi connectivity index (χ0) is 10.7. The van der Waals surface area contributed by atoms with E-state index in [4.69, 9.17) is 9.47 Å². The minimum absolute atomic E-state index is 0.522. The Morgan fingerprint density at radius 1 is 1.36 bits per heavy atom. The van der Waals surface area contributed by atoms with Crippen LogP contribution in [0.2, 0.25) is 0 Å². The SMILES string of the molecule is CCOC(C)(OCC)P1(=O)C=CCC1. The van der Waals surface area contributed by atoms with Gasteiger partial charge in [0.05, 0.1) is 0 Å². The van der Waals surface area contributed by atoms with E-state index in [0.717, 1.165) is 6.42 Å². The van der Waals surface area contributed by atoms with Crippen LogP contribution in [0.15, 0.2) is 11.9 Å². The van der Waals surface area contributed by atoms with Gasteiger partial charge in [-0.3, -0.25) is 0 Å². The van der Waals surface area contributed by atoms with E-state index in [1.54, 1.807) is 12.7 Å². The molecule has 0 bridgehead atoms. The van der Waals surface area contributed by atoms with Crippen molar-refractivity contribution in [3.05, 3.63) is 11.9 Å². The standard InChI is InChI=1S/C10H19O3P/c1-4-12-10(3,13-5-2)14(11)8-6-7-9-14/h6,8H,4-5,7,9H2,1-3H3. The monoisotopic (exact) mass is 218 g/mol. The predicted octanol–water partition coefficient (Wildman–Crippen LogP) is 3.01. The van der Waals surface area contributed by atoms with E-state index >= 15 is 0 Å². The van der Waals surface area contributed by atoms with Gasteiger partial charge in [-0.2, -0.15) is 0 Å². The Hall–Kier alpha value is -0.110. The van der Waals surface area contributed by atoms with Gasteiger partial charge in [0, 0.05) is 19.4 Å². The zero-order valence-corrected chi connectivity index (χ0v) is 10.0. The zero-order valence-electron chi connectivity index (χ0n) is 9.16. The molecule has 0 aromatic rings. The van der Waals surface area contributed by atoms with Crippen molar-refractivity contribution in [2.45, 2.75) is 32.7 Å². The van der Waals surface area contributed by atoms with E-state index in [9.17, 15) is 4.57 Å². The van der Waals surface area contributed by atoms with Crippen LogP contribution in [0.25, 0.3) is 0 Å². The first-order chi connectivity index (χ1) is 6.58. The molecule has 14 heavy (non-hydrogen) atoms. The fourth-order valence-electron chi connectivity index (χ4n) is 1.72. The Labute approximate surface area is 85.8 Å². The molecule has 82 valence electrons. The van der Waals surface area contributed by atoms with Crippen molar-refractivity contribution in [3.63, 3.8) is 0 Å². The topological polar surface area (TPSA) is 35.5 Å². The lowest BCUT2D eigenvalue weighted by atomic mass is 10.5. The van der Waals surface area contributed by atoms with Gasteiger partial charge in [0.25, 0.3) is 0 Å². The van der Waals surface area contributed by atoms with Crippen LogP contribution < -0.4 is 0 Å². The minimum Gasteiger partial charge on any atom is -0.344 e. The highest BCUT2D eigenvalue weighted by molar-refractivity contribution is 7.68. The molecule has 1 aliphatic heterocycles. The molecule has 1 aliphatic rings. The second-order valence-electron chi connectivity index (χ2n) is 3.46. The third-order valence-corrected chi connectivity index (χ3v) is 5.73. The van der Waals surface area contributed by atoms with Crippen LogP contribution >= 0.6 is 7.14 Å². The fourth-order valence-corrected chi connectivity index (χ4v) is 4.26. The van der Waals surface area contributed by atoms with E-state index in [1.807, 2.05) is 19.9 Å². The van der Waals surface area contributed by atoms with Crippen LogP contribution in [0.1, 0.15) is 27.2 Å². The maximum absolute atomic E-state index is 12.5. The Morgan fingerprint density at radius 3 is 2.29 bits per heavy atom. The van der Waals surface area contributed by atoms with E-state index < -0.39 is 12.7 Å². The summed E-state index contributed by atoms with van der Waals surface area (Å²) in [4.78, 5) is 0. The van der Waals surface area contributed by atoms with E-state index in [1.165, 1.54) is 0 Å². The van der Waals surface area contributed by atoms with Crippen LogP contribution in [0.5, 0.6) is 0 Å². The number of allylic oxidation sites excluding steroid dienone is 1. The lowest BCUT2D eigenvalue weighted by Gasteiger charge is -2.33. The van der Waals surface area contributed by atoms with Crippen LogP contribution in [-0.2, 0) is 14.0 Å². The van der Waals surface area contributed by atoms with Crippen molar-refractivity contribution in [2.24, 2.45) is 0 Å². The molecule has 0 radical (unpaired) electrons. The van der Waals surface area contributed by atoms with Gasteiger partial charge in [0.2, 0.25) is 5.53 Å². The first-order valence-corrected chi connectivity index (χ1v) is 7.08. The summed E-state index contributed by atoms with van der Waals surface area (Å²) < 4.78 is 23.5. The summed E-state index contributed by atoms with van der Waals surface area (Å²) >= 11 is 0. The largest absolute Gasteiger partial charge is 0.344 e. The highest BCUT2D eigenvalue weighted by atomic mass is 31.2. The molecule has 0 fully saturated rings. The molecule has 0 saturated carbocycles. The lowest BCUT2D eigenvalue weighted by Crippen LogP contribution is -2.32. The van der Waals surface area contributed by atoms with Gasteiger partial charge in [-0.25, -0.2) is 0 Å². The normalized spacial score (nSPS) is 27.1. The second-order valence-corrected chi connectivity index (χ2v) is 6.61. The van der Waals surface area contributed by atoms with Gasteiger partial charge in [-0.05, 0) is 33.0 Å². The molecule has 4 heteroatoms. The highest BCUT2D eigenvalue weighted by Gasteiger charge is 2.45. The van der Waals surface area contributed by atoms with Gasteiger partial charge in [0.15, 0.2) is 7.14 Å². The third kappa shape index (κ3) is 2.10.